The summed E-state index contributed by atoms with van der Waals surface area (Å²) >= 11 is 4.37. The number of H-pyrrole nitrogens is 1. The van der Waals surface area contributed by atoms with Crippen LogP contribution in [-0.2, 0) is 6.54 Å². The Bertz CT molecular complexity index is 210. The second-order valence-electron chi connectivity index (χ2n) is 1.44. The molecule has 4 heteroatoms. The van der Waals surface area contributed by atoms with Gasteiger partial charge >= 0.3 is 0 Å². The summed E-state index contributed by atoms with van der Waals surface area (Å²) < 4.78 is 0. The lowest BCUT2D eigenvalue weighted by atomic mass is 10.6. The van der Waals surface area contributed by atoms with E-state index >= 15 is 0 Å². The Labute approximate surface area is 57.8 Å². The van der Waals surface area contributed by atoms with E-state index in [2.05, 4.69) is 32.3 Å². The van der Waals surface area contributed by atoms with Crippen molar-refractivity contribution in [3.05, 3.63) is 18.2 Å². The van der Waals surface area contributed by atoms with Crippen LogP contribution in [0.15, 0.2) is 17.4 Å². The monoisotopic (exact) mass is 139 g/mol. The molecule has 1 rings (SSSR count). The second-order valence-corrected chi connectivity index (χ2v) is 1.63. The van der Waals surface area contributed by atoms with Crippen molar-refractivity contribution in [3.8, 4) is 0 Å². The van der Waals surface area contributed by atoms with Gasteiger partial charge in [-0.3, -0.25) is 0 Å². The number of hydrogen-bond acceptors (Lipinski definition) is 3. The lowest BCUT2D eigenvalue weighted by Crippen LogP contribution is -1.81. The smallest absolute Gasteiger partial charge is 0.128 e. The zero-order chi connectivity index (χ0) is 6.53. The molecule has 3 nitrogen and oxygen atoms in total. The molecule has 0 saturated heterocycles. The zero-order valence-electron chi connectivity index (χ0n) is 4.66. The van der Waals surface area contributed by atoms with E-state index in [4.69, 9.17) is 0 Å². The highest BCUT2D eigenvalue weighted by molar-refractivity contribution is 7.78. The Morgan fingerprint density at radius 2 is 2.78 bits per heavy atom. The number of hydrogen-bond donors (Lipinski definition) is 1. The maximum absolute atomic E-state index is 4.37. The summed E-state index contributed by atoms with van der Waals surface area (Å²) in [6, 6.07) is 0. The minimum atomic E-state index is 0.497. The van der Waals surface area contributed by atoms with Crippen molar-refractivity contribution >= 4 is 17.4 Å². The average Bonchev–Trinajstić information content (AvgIpc) is 2.34. The largest absolute Gasteiger partial charge is 0.347 e. The van der Waals surface area contributed by atoms with E-state index in [0.717, 1.165) is 5.82 Å². The molecule has 1 aromatic rings. The van der Waals surface area contributed by atoms with Crippen molar-refractivity contribution in [1.29, 1.82) is 0 Å². The van der Waals surface area contributed by atoms with Crippen LogP contribution < -0.4 is 0 Å². The van der Waals surface area contributed by atoms with Gasteiger partial charge in [-0.15, -0.1) is 0 Å². The zero-order valence-corrected chi connectivity index (χ0v) is 5.48. The van der Waals surface area contributed by atoms with Gasteiger partial charge in [0.25, 0.3) is 0 Å². The quantitative estimate of drug-likeness (QED) is 0.490. The fraction of sp³-hybridized carbons (Fsp3) is 0.200. The molecule has 0 aromatic carbocycles. The maximum atomic E-state index is 4.37. The van der Waals surface area contributed by atoms with E-state index in [-0.39, 0.29) is 0 Å². The maximum Gasteiger partial charge on any atom is 0.128 e. The number of aromatic amines is 1. The van der Waals surface area contributed by atoms with Crippen LogP contribution in [0.4, 0.5) is 0 Å². The van der Waals surface area contributed by atoms with Crippen LogP contribution in [-0.4, -0.2) is 15.1 Å². The van der Waals surface area contributed by atoms with Crippen LogP contribution >= 0.6 is 12.2 Å². The summed E-state index contributed by atoms with van der Waals surface area (Å²) in [5.74, 6) is 0.812. The van der Waals surface area contributed by atoms with Crippen LogP contribution in [0.25, 0.3) is 0 Å². The Balaban J connectivity index is 2.57. The molecule has 1 aromatic heterocycles. The van der Waals surface area contributed by atoms with Gasteiger partial charge < -0.3 is 4.98 Å². The van der Waals surface area contributed by atoms with E-state index < -0.39 is 0 Å². The number of aliphatic imine (C=N–C) groups is 1. The third kappa shape index (κ3) is 1.76. The SMILES string of the molecule is S=C=NCc1ncc[nH]1. The lowest BCUT2D eigenvalue weighted by Gasteiger charge is -1.81. The molecule has 0 saturated carbocycles. The molecule has 0 radical (unpaired) electrons. The highest BCUT2D eigenvalue weighted by Gasteiger charge is 1.87. The Morgan fingerprint density at radius 3 is 3.33 bits per heavy atom. The first kappa shape index (κ1) is 6.13. The summed E-state index contributed by atoms with van der Waals surface area (Å²) in [6.45, 7) is 0.497. The van der Waals surface area contributed by atoms with Gasteiger partial charge in [0, 0.05) is 12.4 Å². The molecule has 0 aliphatic rings. The molecule has 0 fully saturated rings. The van der Waals surface area contributed by atoms with Gasteiger partial charge in [-0.1, -0.05) is 0 Å². The number of thiocarbonyl (C=S) groups is 1. The van der Waals surface area contributed by atoms with E-state index in [1.54, 1.807) is 12.4 Å². The minimum absolute atomic E-state index is 0.497. The summed E-state index contributed by atoms with van der Waals surface area (Å²) in [6.07, 6.45) is 3.42. The van der Waals surface area contributed by atoms with Crippen molar-refractivity contribution in [2.75, 3.05) is 0 Å². The number of nitrogens with zero attached hydrogens (tertiary/aromatic N) is 2. The molecule has 0 aliphatic heterocycles. The predicted octanol–water partition coefficient (Wildman–Crippen LogP) is 1.01. The molecule has 0 unspecified atom stereocenters. The summed E-state index contributed by atoms with van der Waals surface area (Å²) in [5, 5.41) is 2.25. The van der Waals surface area contributed by atoms with Gasteiger partial charge in [0.2, 0.25) is 0 Å². The van der Waals surface area contributed by atoms with E-state index in [1.807, 2.05) is 0 Å². The molecule has 0 spiro atoms. The Kier molecular flexibility index (Phi) is 2.13. The minimum Gasteiger partial charge on any atom is -0.347 e. The van der Waals surface area contributed by atoms with Crippen LogP contribution in [0.1, 0.15) is 5.82 Å². The summed E-state index contributed by atoms with van der Waals surface area (Å²) in [7, 11) is 0. The average molecular weight is 139 g/mol. The first-order chi connectivity index (χ1) is 4.43. The number of aromatic nitrogens is 2. The molecule has 0 bridgehead atoms. The van der Waals surface area contributed by atoms with E-state index in [1.165, 1.54) is 0 Å². The standard InChI is InChI=1S/C5H5N3S/c9-4-6-3-5-7-1-2-8-5/h1-2H,3H2,(H,7,8). The predicted molar refractivity (Wildman–Crippen MR) is 37.3 cm³/mol. The van der Waals surface area contributed by atoms with E-state index in [9.17, 15) is 0 Å². The van der Waals surface area contributed by atoms with Crippen LogP contribution in [0.2, 0.25) is 0 Å². The first-order valence-corrected chi connectivity index (χ1v) is 2.86. The summed E-state index contributed by atoms with van der Waals surface area (Å²) in [5.41, 5.74) is 0. The Hall–Kier alpha value is -0.990. The number of nitrogens with one attached hydrogen (secondary N) is 1. The highest BCUT2D eigenvalue weighted by Crippen LogP contribution is 1.88. The topological polar surface area (TPSA) is 41.0 Å². The molecule has 0 amide bonds. The van der Waals surface area contributed by atoms with Crippen molar-refractivity contribution in [3.63, 3.8) is 0 Å². The number of isothiocyanates is 1. The molecular formula is C5H5N3S. The molecular weight excluding hydrogens is 134 g/mol. The molecule has 46 valence electrons. The van der Waals surface area contributed by atoms with E-state index in [0.29, 0.717) is 6.54 Å². The van der Waals surface area contributed by atoms with Gasteiger partial charge in [-0.05, 0) is 12.2 Å². The van der Waals surface area contributed by atoms with Gasteiger partial charge in [-0.2, -0.15) is 0 Å². The van der Waals surface area contributed by atoms with Gasteiger partial charge in [-0.25, -0.2) is 9.98 Å². The molecule has 0 atom stereocenters. The third-order valence-electron chi connectivity index (χ3n) is 0.848. The van der Waals surface area contributed by atoms with Crippen molar-refractivity contribution in [2.24, 2.45) is 4.99 Å². The van der Waals surface area contributed by atoms with Crippen molar-refractivity contribution in [1.82, 2.24) is 9.97 Å². The molecule has 9 heavy (non-hydrogen) atoms. The van der Waals surface area contributed by atoms with Crippen molar-refractivity contribution < 1.29 is 0 Å². The lowest BCUT2D eigenvalue weighted by molar-refractivity contribution is 0.957. The highest BCUT2D eigenvalue weighted by atomic mass is 32.1. The van der Waals surface area contributed by atoms with Crippen LogP contribution in [0.5, 0.6) is 0 Å². The fourth-order valence-electron chi connectivity index (χ4n) is 0.492. The summed E-state index contributed by atoms with van der Waals surface area (Å²) in [4.78, 5) is 10.5. The van der Waals surface area contributed by atoms with Gasteiger partial charge in [0.05, 0.1) is 5.16 Å². The first-order valence-electron chi connectivity index (χ1n) is 2.45. The van der Waals surface area contributed by atoms with Crippen LogP contribution in [0.3, 0.4) is 0 Å². The third-order valence-corrected chi connectivity index (χ3v) is 0.977. The van der Waals surface area contributed by atoms with Crippen molar-refractivity contribution in [2.45, 2.75) is 6.54 Å². The Morgan fingerprint density at radius 1 is 1.89 bits per heavy atom. The normalized spacial score (nSPS) is 8.44. The number of imidazole rings is 1. The molecule has 1 N–H and O–H groups in total. The second kappa shape index (κ2) is 3.12. The number of rotatable bonds is 2. The van der Waals surface area contributed by atoms with Crippen LogP contribution in [0, 0.1) is 0 Å². The molecule has 1 heterocycles. The molecule has 0 aliphatic carbocycles. The van der Waals surface area contributed by atoms with Gasteiger partial charge in [0.15, 0.2) is 0 Å². The van der Waals surface area contributed by atoms with Gasteiger partial charge in [0.1, 0.15) is 12.4 Å². The fourth-order valence-corrected chi connectivity index (χ4v) is 0.556.